The van der Waals surface area contributed by atoms with Gasteiger partial charge in [-0.25, -0.2) is 9.97 Å². The summed E-state index contributed by atoms with van der Waals surface area (Å²) in [6.07, 6.45) is 5.10. The van der Waals surface area contributed by atoms with Crippen molar-refractivity contribution in [3.05, 3.63) is 12.4 Å². The first-order chi connectivity index (χ1) is 9.92. The Hall–Kier alpha value is -1.36. The molecular weight excluding hydrogens is 262 g/mol. The fourth-order valence-electron chi connectivity index (χ4n) is 2.46. The minimum absolute atomic E-state index is 0.342. The van der Waals surface area contributed by atoms with Crippen LogP contribution in [0.1, 0.15) is 40.0 Å². The highest BCUT2D eigenvalue weighted by atomic mass is 15.1. The summed E-state index contributed by atoms with van der Waals surface area (Å²) in [4.78, 5) is 11.0. The molecule has 0 aromatic carbocycles. The SMILES string of the molecule is CN1CCC(Nc2cc(NCCC(C)(C)C)ncn2)CC1. The Morgan fingerprint density at radius 2 is 1.86 bits per heavy atom. The van der Waals surface area contributed by atoms with Gasteiger partial charge in [-0.2, -0.15) is 0 Å². The molecule has 0 bridgehead atoms. The van der Waals surface area contributed by atoms with E-state index in [2.05, 4.69) is 53.3 Å². The largest absolute Gasteiger partial charge is 0.370 e. The molecule has 0 spiro atoms. The highest BCUT2D eigenvalue weighted by Gasteiger charge is 2.16. The summed E-state index contributed by atoms with van der Waals surface area (Å²) in [5.74, 6) is 1.84. The number of nitrogens with zero attached hydrogens (tertiary/aromatic N) is 3. The monoisotopic (exact) mass is 291 g/mol. The molecule has 0 radical (unpaired) electrons. The van der Waals surface area contributed by atoms with Crippen LogP contribution >= 0.6 is 0 Å². The van der Waals surface area contributed by atoms with Crippen LogP contribution in [-0.2, 0) is 0 Å². The van der Waals surface area contributed by atoms with E-state index in [1.807, 2.05) is 6.07 Å². The van der Waals surface area contributed by atoms with Crippen molar-refractivity contribution in [2.24, 2.45) is 5.41 Å². The molecule has 5 nitrogen and oxygen atoms in total. The predicted molar refractivity (Wildman–Crippen MR) is 88.7 cm³/mol. The molecule has 0 amide bonds. The maximum absolute atomic E-state index is 4.33. The lowest BCUT2D eigenvalue weighted by Crippen LogP contribution is -2.36. The van der Waals surface area contributed by atoms with Gasteiger partial charge in [0.15, 0.2) is 0 Å². The van der Waals surface area contributed by atoms with Gasteiger partial charge >= 0.3 is 0 Å². The molecule has 21 heavy (non-hydrogen) atoms. The minimum Gasteiger partial charge on any atom is -0.370 e. The van der Waals surface area contributed by atoms with Crippen LogP contribution in [0.25, 0.3) is 0 Å². The number of anilines is 2. The van der Waals surface area contributed by atoms with Crippen LogP contribution in [0.2, 0.25) is 0 Å². The van der Waals surface area contributed by atoms with Gasteiger partial charge in [-0.3, -0.25) is 0 Å². The number of nitrogens with one attached hydrogen (secondary N) is 2. The highest BCUT2D eigenvalue weighted by molar-refractivity contribution is 5.46. The third kappa shape index (κ3) is 5.87. The van der Waals surface area contributed by atoms with Gasteiger partial charge in [-0.15, -0.1) is 0 Å². The predicted octanol–water partition coefficient (Wildman–Crippen LogP) is 2.83. The third-order valence-electron chi connectivity index (χ3n) is 3.92. The van der Waals surface area contributed by atoms with Gasteiger partial charge in [0.1, 0.15) is 18.0 Å². The first-order valence-electron chi connectivity index (χ1n) is 7.93. The summed E-state index contributed by atoms with van der Waals surface area (Å²) in [6.45, 7) is 10.00. The fourth-order valence-corrected chi connectivity index (χ4v) is 2.46. The maximum atomic E-state index is 4.33. The van der Waals surface area contributed by atoms with E-state index in [1.165, 1.54) is 12.8 Å². The van der Waals surface area contributed by atoms with E-state index in [-0.39, 0.29) is 0 Å². The zero-order valence-corrected chi connectivity index (χ0v) is 13.8. The number of aromatic nitrogens is 2. The number of likely N-dealkylation sites (tertiary alicyclic amines) is 1. The smallest absolute Gasteiger partial charge is 0.131 e. The van der Waals surface area contributed by atoms with Crippen LogP contribution in [-0.4, -0.2) is 47.6 Å². The van der Waals surface area contributed by atoms with Crippen molar-refractivity contribution in [1.82, 2.24) is 14.9 Å². The number of piperidine rings is 1. The first kappa shape index (κ1) is 16.0. The van der Waals surface area contributed by atoms with Crippen molar-refractivity contribution >= 4 is 11.6 Å². The lowest BCUT2D eigenvalue weighted by atomic mass is 9.92. The van der Waals surface area contributed by atoms with Crippen LogP contribution in [0.15, 0.2) is 12.4 Å². The van der Waals surface area contributed by atoms with Crippen LogP contribution in [0, 0.1) is 5.41 Å². The van der Waals surface area contributed by atoms with Gasteiger partial charge in [-0.05, 0) is 44.8 Å². The molecule has 1 saturated heterocycles. The third-order valence-corrected chi connectivity index (χ3v) is 3.92. The molecule has 1 aromatic rings. The maximum Gasteiger partial charge on any atom is 0.131 e. The summed E-state index contributed by atoms with van der Waals surface area (Å²) in [6, 6.07) is 2.54. The standard InChI is InChI=1S/C16H29N5/c1-16(2,3)7-8-17-14-11-15(19-12-18-14)20-13-5-9-21(4)10-6-13/h11-13H,5-10H2,1-4H3,(H2,17,18,19,20). The minimum atomic E-state index is 0.342. The van der Waals surface area contributed by atoms with Crippen molar-refractivity contribution in [2.75, 3.05) is 37.3 Å². The van der Waals surface area contributed by atoms with Gasteiger partial charge in [-0.1, -0.05) is 20.8 Å². The molecule has 118 valence electrons. The molecule has 2 N–H and O–H groups in total. The summed E-state index contributed by atoms with van der Waals surface area (Å²) in [5.41, 5.74) is 0.342. The molecule has 2 rings (SSSR count). The lowest BCUT2D eigenvalue weighted by molar-refractivity contribution is 0.263. The normalized spacial score (nSPS) is 17.7. The lowest BCUT2D eigenvalue weighted by Gasteiger charge is -2.29. The zero-order valence-electron chi connectivity index (χ0n) is 13.8. The van der Waals surface area contributed by atoms with Crippen molar-refractivity contribution in [2.45, 2.75) is 46.1 Å². The van der Waals surface area contributed by atoms with Gasteiger partial charge in [0, 0.05) is 18.7 Å². The molecule has 1 fully saturated rings. The Morgan fingerprint density at radius 3 is 2.52 bits per heavy atom. The molecule has 0 aliphatic carbocycles. The van der Waals surface area contributed by atoms with E-state index in [1.54, 1.807) is 6.33 Å². The molecule has 5 heteroatoms. The Bertz CT molecular complexity index is 433. The topological polar surface area (TPSA) is 53.1 Å². The van der Waals surface area contributed by atoms with Crippen molar-refractivity contribution in [1.29, 1.82) is 0 Å². The molecule has 1 aromatic heterocycles. The number of hydrogen-bond acceptors (Lipinski definition) is 5. The molecular formula is C16H29N5. The number of rotatable bonds is 5. The van der Waals surface area contributed by atoms with Crippen LogP contribution < -0.4 is 10.6 Å². The van der Waals surface area contributed by atoms with Gasteiger partial charge in [0.25, 0.3) is 0 Å². The van der Waals surface area contributed by atoms with E-state index < -0.39 is 0 Å². The second-order valence-electron chi connectivity index (χ2n) is 7.25. The number of hydrogen-bond donors (Lipinski definition) is 2. The summed E-state index contributed by atoms with van der Waals surface area (Å²) < 4.78 is 0. The van der Waals surface area contributed by atoms with Crippen molar-refractivity contribution < 1.29 is 0 Å². The van der Waals surface area contributed by atoms with Crippen LogP contribution in [0.4, 0.5) is 11.6 Å². The van der Waals surface area contributed by atoms with E-state index in [0.29, 0.717) is 11.5 Å². The zero-order chi connectivity index (χ0) is 15.3. The Balaban J connectivity index is 1.83. The van der Waals surface area contributed by atoms with Crippen molar-refractivity contribution in [3.63, 3.8) is 0 Å². The summed E-state index contributed by atoms with van der Waals surface area (Å²) >= 11 is 0. The highest BCUT2D eigenvalue weighted by Crippen LogP contribution is 2.19. The van der Waals surface area contributed by atoms with E-state index >= 15 is 0 Å². The van der Waals surface area contributed by atoms with E-state index in [0.717, 1.165) is 37.7 Å². The molecule has 0 atom stereocenters. The molecule has 1 aliphatic rings. The quantitative estimate of drug-likeness (QED) is 0.873. The average molecular weight is 291 g/mol. The molecule has 2 heterocycles. The second-order valence-corrected chi connectivity index (χ2v) is 7.25. The summed E-state index contributed by atoms with van der Waals surface area (Å²) in [5, 5.41) is 6.92. The van der Waals surface area contributed by atoms with Gasteiger partial charge < -0.3 is 15.5 Å². The molecule has 1 aliphatic heterocycles. The van der Waals surface area contributed by atoms with Gasteiger partial charge in [0.05, 0.1) is 0 Å². The first-order valence-corrected chi connectivity index (χ1v) is 7.93. The molecule has 0 saturated carbocycles. The Morgan fingerprint density at radius 1 is 1.19 bits per heavy atom. The van der Waals surface area contributed by atoms with Gasteiger partial charge in [0.2, 0.25) is 0 Å². The fraction of sp³-hybridized carbons (Fsp3) is 0.750. The Labute approximate surface area is 128 Å². The van der Waals surface area contributed by atoms with Crippen molar-refractivity contribution in [3.8, 4) is 0 Å². The molecule has 0 unspecified atom stereocenters. The van der Waals surface area contributed by atoms with E-state index in [9.17, 15) is 0 Å². The Kier molecular flexibility index (Phi) is 5.39. The summed E-state index contributed by atoms with van der Waals surface area (Å²) in [7, 11) is 2.18. The van der Waals surface area contributed by atoms with Crippen LogP contribution in [0.5, 0.6) is 0 Å². The van der Waals surface area contributed by atoms with E-state index in [4.69, 9.17) is 0 Å². The van der Waals surface area contributed by atoms with Crippen LogP contribution in [0.3, 0.4) is 0 Å². The average Bonchev–Trinajstić information content (AvgIpc) is 2.40. The second kappa shape index (κ2) is 7.07.